The molecule has 1 atom stereocenters. The van der Waals surface area contributed by atoms with Crippen LogP contribution in [-0.4, -0.2) is 57.8 Å². The van der Waals surface area contributed by atoms with Crippen LogP contribution < -0.4 is 9.62 Å². The number of para-hydroxylation sites is 1. The second-order valence-electron chi connectivity index (χ2n) is 10.7. The van der Waals surface area contributed by atoms with E-state index in [1.54, 1.807) is 18.2 Å². The van der Waals surface area contributed by atoms with Gasteiger partial charge in [-0.25, -0.2) is 8.42 Å². The second kappa shape index (κ2) is 12.5. The molecule has 1 saturated heterocycles. The monoisotopic (exact) mass is 635 g/mol. The number of benzene rings is 3. The molecule has 41 heavy (non-hydrogen) atoms. The van der Waals surface area contributed by atoms with E-state index in [9.17, 15) is 13.2 Å². The number of halogens is 3. The number of carbonyl (C=O) groups is 1. The molecule has 0 bridgehead atoms. The van der Waals surface area contributed by atoms with Gasteiger partial charge < -0.3 is 9.64 Å². The number of fused-ring (bicyclic) bond motifs is 2. The molecule has 5 rings (SSSR count). The van der Waals surface area contributed by atoms with Crippen LogP contribution in [0.5, 0.6) is 0 Å². The summed E-state index contributed by atoms with van der Waals surface area (Å²) < 4.78 is 32.6. The minimum absolute atomic E-state index is 0.0581. The maximum absolute atomic E-state index is 13.8. The lowest BCUT2D eigenvalue weighted by Crippen LogP contribution is -2.54. The molecule has 0 saturated carbocycles. The Labute approximate surface area is 256 Å². The van der Waals surface area contributed by atoms with E-state index in [1.807, 2.05) is 53.4 Å². The molecule has 218 valence electrons. The van der Waals surface area contributed by atoms with Crippen LogP contribution in [-0.2, 0) is 38.1 Å². The van der Waals surface area contributed by atoms with Gasteiger partial charge in [0.15, 0.2) is 0 Å². The van der Waals surface area contributed by atoms with Crippen molar-refractivity contribution in [3.05, 3.63) is 98.5 Å². The van der Waals surface area contributed by atoms with Crippen molar-refractivity contribution in [2.24, 2.45) is 0 Å². The van der Waals surface area contributed by atoms with Crippen molar-refractivity contribution < 1.29 is 17.9 Å². The summed E-state index contributed by atoms with van der Waals surface area (Å²) in [6, 6.07) is 19.9. The highest BCUT2D eigenvalue weighted by Gasteiger charge is 2.47. The zero-order valence-electron chi connectivity index (χ0n) is 22.7. The quantitative estimate of drug-likeness (QED) is 0.328. The number of amides is 1. The fourth-order valence-electron chi connectivity index (χ4n) is 5.71. The number of piperidine rings is 1. The molecule has 2 aliphatic rings. The summed E-state index contributed by atoms with van der Waals surface area (Å²) in [6.07, 6.45) is 2.59. The van der Waals surface area contributed by atoms with E-state index in [0.29, 0.717) is 60.7 Å². The summed E-state index contributed by atoms with van der Waals surface area (Å²) in [4.78, 5) is 15.7. The third kappa shape index (κ3) is 6.85. The van der Waals surface area contributed by atoms with Gasteiger partial charge in [0.05, 0.1) is 35.2 Å². The molecule has 7 nitrogen and oxygen atoms in total. The molecule has 1 N–H and O–H groups in total. The first-order valence-corrected chi connectivity index (χ1v) is 16.4. The Morgan fingerprint density at radius 1 is 0.976 bits per heavy atom. The molecule has 0 aliphatic carbocycles. The highest BCUT2D eigenvalue weighted by molar-refractivity contribution is 7.92. The van der Waals surface area contributed by atoms with Crippen LogP contribution in [0.4, 0.5) is 5.69 Å². The lowest BCUT2D eigenvalue weighted by atomic mass is 9.74. The summed E-state index contributed by atoms with van der Waals surface area (Å²) in [5, 5.41) is 4.90. The van der Waals surface area contributed by atoms with Crippen molar-refractivity contribution in [3.63, 3.8) is 0 Å². The average molecular weight is 637 g/mol. The van der Waals surface area contributed by atoms with Gasteiger partial charge in [-0.2, -0.15) is 0 Å². The van der Waals surface area contributed by atoms with Gasteiger partial charge in [-0.3, -0.25) is 14.4 Å². The average Bonchev–Trinajstić information content (AvgIpc) is 3.27. The van der Waals surface area contributed by atoms with E-state index in [-0.39, 0.29) is 17.9 Å². The van der Waals surface area contributed by atoms with Gasteiger partial charge in [0, 0.05) is 36.6 Å². The Kier molecular flexibility index (Phi) is 9.19. The molecule has 1 amide bonds. The predicted molar refractivity (Wildman–Crippen MR) is 164 cm³/mol. The van der Waals surface area contributed by atoms with Crippen molar-refractivity contribution in [1.29, 1.82) is 0 Å². The molecule has 2 aliphatic heterocycles. The summed E-state index contributed by atoms with van der Waals surface area (Å²) in [5.41, 5.74) is 3.28. The maximum Gasteiger partial charge on any atom is 0.242 e. The Bertz CT molecular complexity index is 1530. The summed E-state index contributed by atoms with van der Waals surface area (Å²) in [6.45, 7) is 2.32. The predicted octanol–water partition coefficient (Wildman–Crippen LogP) is 5.66. The summed E-state index contributed by atoms with van der Waals surface area (Å²) in [7, 11) is -3.41. The zero-order valence-corrected chi connectivity index (χ0v) is 25.7. The van der Waals surface area contributed by atoms with Gasteiger partial charge in [-0.1, -0.05) is 71.2 Å². The van der Waals surface area contributed by atoms with E-state index in [2.05, 4.69) is 5.32 Å². The topological polar surface area (TPSA) is 79.0 Å². The molecule has 0 aromatic heterocycles. The zero-order chi connectivity index (χ0) is 29.2. The molecule has 0 radical (unpaired) electrons. The third-order valence-electron chi connectivity index (χ3n) is 7.90. The Hall–Kier alpha value is -2.33. The van der Waals surface area contributed by atoms with Gasteiger partial charge in [-0.05, 0) is 59.9 Å². The highest BCUT2D eigenvalue weighted by atomic mass is 35.5. The van der Waals surface area contributed by atoms with Gasteiger partial charge in [0.1, 0.15) is 6.04 Å². The number of rotatable bonds is 9. The Morgan fingerprint density at radius 2 is 1.73 bits per heavy atom. The Morgan fingerprint density at radius 3 is 2.44 bits per heavy atom. The molecule has 2 heterocycles. The number of hydrogen-bond donors (Lipinski definition) is 1. The fraction of sp³-hybridized carbons (Fsp3) is 0.367. The minimum Gasteiger partial charge on any atom is -0.375 e. The first kappa shape index (κ1) is 30.1. The van der Waals surface area contributed by atoms with Crippen molar-refractivity contribution in [1.82, 2.24) is 10.2 Å². The van der Waals surface area contributed by atoms with Crippen LogP contribution in [0.3, 0.4) is 0 Å². The van der Waals surface area contributed by atoms with Gasteiger partial charge in [0.25, 0.3) is 0 Å². The number of nitrogens with one attached hydrogen (secondary N) is 1. The largest absolute Gasteiger partial charge is 0.375 e. The summed E-state index contributed by atoms with van der Waals surface area (Å²) >= 11 is 18.4. The number of nitrogens with zero attached hydrogens (tertiary/aromatic N) is 2. The maximum atomic E-state index is 13.8. The highest BCUT2D eigenvalue weighted by Crippen LogP contribution is 2.47. The third-order valence-corrected chi connectivity index (χ3v) is 10.0. The first-order valence-electron chi connectivity index (χ1n) is 13.4. The molecule has 11 heteroatoms. The van der Waals surface area contributed by atoms with Crippen LogP contribution in [0.25, 0.3) is 0 Å². The van der Waals surface area contributed by atoms with E-state index in [4.69, 9.17) is 39.5 Å². The number of hydrogen-bond acceptors (Lipinski definition) is 5. The number of sulfonamides is 1. The van der Waals surface area contributed by atoms with Gasteiger partial charge in [0.2, 0.25) is 15.9 Å². The van der Waals surface area contributed by atoms with E-state index in [1.165, 1.54) is 10.6 Å². The number of likely N-dealkylation sites (tertiary alicyclic amines) is 1. The molecule has 1 fully saturated rings. The standard InChI is InChI=1S/C30H32Cl3N3O4S/c1-41(38,39)36-20-30(24-7-2-3-8-28(24)36)11-13-35(14-12-30)29(37)27(19-40-18-22-5-4-6-23(31)15-22)34-17-21-9-10-25(32)26(33)16-21/h2-10,15-16,27,34H,11-14,17-20H2,1H3/t27-/m0/s1. The number of ether oxygens (including phenoxy) is 1. The van der Waals surface area contributed by atoms with E-state index in [0.717, 1.165) is 22.4 Å². The lowest BCUT2D eigenvalue weighted by Gasteiger charge is -2.41. The molecule has 3 aromatic carbocycles. The van der Waals surface area contributed by atoms with E-state index >= 15 is 0 Å². The molecule has 0 unspecified atom stereocenters. The second-order valence-corrected chi connectivity index (χ2v) is 13.9. The normalized spacial score (nSPS) is 17.1. The van der Waals surface area contributed by atoms with Crippen molar-refractivity contribution in [2.45, 2.75) is 37.5 Å². The lowest BCUT2D eigenvalue weighted by molar-refractivity contribution is -0.136. The van der Waals surface area contributed by atoms with Gasteiger partial charge in [-0.15, -0.1) is 0 Å². The van der Waals surface area contributed by atoms with E-state index < -0.39 is 16.1 Å². The molecule has 1 spiro atoms. The van der Waals surface area contributed by atoms with Crippen molar-refractivity contribution >= 4 is 56.4 Å². The smallest absolute Gasteiger partial charge is 0.242 e. The molecule has 3 aromatic rings. The number of carbonyl (C=O) groups excluding carboxylic acids is 1. The van der Waals surface area contributed by atoms with Crippen LogP contribution in [0.15, 0.2) is 66.7 Å². The Balaban J connectivity index is 1.28. The SMILES string of the molecule is CS(=O)(=O)N1CC2(CCN(C(=O)[C@H](COCc3cccc(Cl)c3)NCc3ccc(Cl)c(Cl)c3)CC2)c2ccccc21. The van der Waals surface area contributed by atoms with Crippen molar-refractivity contribution in [3.8, 4) is 0 Å². The van der Waals surface area contributed by atoms with Crippen molar-refractivity contribution in [2.75, 3.05) is 36.8 Å². The minimum atomic E-state index is -3.41. The van der Waals surface area contributed by atoms with Crippen LogP contribution in [0, 0.1) is 0 Å². The number of anilines is 1. The summed E-state index contributed by atoms with van der Waals surface area (Å²) in [5.74, 6) is -0.0581. The van der Waals surface area contributed by atoms with Crippen LogP contribution >= 0.6 is 34.8 Å². The first-order chi connectivity index (χ1) is 19.6. The molecular weight excluding hydrogens is 605 g/mol. The van der Waals surface area contributed by atoms with Crippen LogP contribution in [0.2, 0.25) is 15.1 Å². The van der Waals surface area contributed by atoms with Crippen LogP contribution in [0.1, 0.15) is 29.5 Å². The molecular formula is C30H32Cl3N3O4S. The fourth-order valence-corrected chi connectivity index (χ4v) is 7.24. The van der Waals surface area contributed by atoms with Gasteiger partial charge >= 0.3 is 0 Å².